The molecule has 0 unspecified atom stereocenters. The van der Waals surface area contributed by atoms with Crippen LogP contribution in [0, 0.1) is 11.3 Å². The Morgan fingerprint density at radius 3 is 2.46 bits per heavy atom. The number of amides is 2. The quantitative estimate of drug-likeness (QED) is 0.824. The minimum absolute atomic E-state index is 0.0337. The van der Waals surface area contributed by atoms with Crippen molar-refractivity contribution < 1.29 is 22.8 Å². The summed E-state index contributed by atoms with van der Waals surface area (Å²) in [6.45, 7) is 1.14. The summed E-state index contributed by atoms with van der Waals surface area (Å²) in [6, 6.07) is 10.5. The lowest BCUT2D eigenvalue weighted by atomic mass is 10.1. The maximum atomic E-state index is 13.4. The third kappa shape index (κ3) is 4.83. The van der Waals surface area contributed by atoms with E-state index in [1.165, 1.54) is 6.07 Å². The van der Waals surface area contributed by atoms with Crippen molar-refractivity contribution in [2.24, 2.45) is 0 Å². The normalized spacial score (nSPS) is 10.9. The molecule has 0 aliphatic carbocycles. The lowest BCUT2D eigenvalue weighted by Gasteiger charge is -2.14. The summed E-state index contributed by atoms with van der Waals surface area (Å²) in [6.07, 6.45) is -4.76. The van der Waals surface area contributed by atoms with Gasteiger partial charge in [0.25, 0.3) is 0 Å². The fraction of sp³-hybridized carbons (Fsp3) is 0.176. The van der Waals surface area contributed by atoms with Crippen LogP contribution in [0.25, 0.3) is 11.3 Å². The SMILES string of the molecule is CC(=O)NC(=O)CSc1nc(-c2ccccc2)cc(C(F)(F)F)c1C#N. The Morgan fingerprint density at radius 1 is 1.27 bits per heavy atom. The van der Waals surface area contributed by atoms with Crippen LogP contribution in [0.2, 0.25) is 0 Å². The molecule has 0 aliphatic rings. The van der Waals surface area contributed by atoms with Gasteiger partial charge in [-0.2, -0.15) is 18.4 Å². The summed E-state index contributed by atoms with van der Waals surface area (Å²) >= 11 is 0.663. The van der Waals surface area contributed by atoms with Crippen molar-refractivity contribution >= 4 is 23.6 Å². The molecule has 1 aromatic carbocycles. The molecule has 0 atom stereocenters. The van der Waals surface area contributed by atoms with E-state index in [0.717, 1.165) is 13.0 Å². The summed E-state index contributed by atoms with van der Waals surface area (Å²) in [7, 11) is 0. The maximum Gasteiger partial charge on any atom is 0.417 e. The zero-order chi connectivity index (χ0) is 19.3. The zero-order valence-corrected chi connectivity index (χ0v) is 14.2. The second kappa shape index (κ2) is 8.01. The molecule has 0 saturated carbocycles. The highest BCUT2D eigenvalue weighted by atomic mass is 32.2. The van der Waals surface area contributed by atoms with Crippen LogP contribution in [-0.4, -0.2) is 22.6 Å². The van der Waals surface area contributed by atoms with Crippen molar-refractivity contribution in [3.63, 3.8) is 0 Å². The predicted molar refractivity (Wildman–Crippen MR) is 88.9 cm³/mol. The first kappa shape index (κ1) is 19.5. The molecular weight excluding hydrogens is 367 g/mol. The van der Waals surface area contributed by atoms with Crippen LogP contribution in [0.3, 0.4) is 0 Å². The summed E-state index contributed by atoms with van der Waals surface area (Å²) in [4.78, 5) is 26.5. The number of rotatable bonds is 4. The monoisotopic (exact) mass is 379 g/mol. The largest absolute Gasteiger partial charge is 0.417 e. The van der Waals surface area contributed by atoms with E-state index in [0.29, 0.717) is 17.3 Å². The van der Waals surface area contributed by atoms with Gasteiger partial charge < -0.3 is 0 Å². The molecule has 0 spiro atoms. The minimum atomic E-state index is -4.76. The number of nitrogens with zero attached hydrogens (tertiary/aromatic N) is 2. The topological polar surface area (TPSA) is 82.8 Å². The van der Waals surface area contributed by atoms with Crippen molar-refractivity contribution in [1.82, 2.24) is 10.3 Å². The number of hydrogen-bond acceptors (Lipinski definition) is 5. The minimum Gasteiger partial charge on any atom is -0.296 e. The van der Waals surface area contributed by atoms with E-state index in [1.54, 1.807) is 30.3 Å². The smallest absolute Gasteiger partial charge is 0.296 e. The van der Waals surface area contributed by atoms with E-state index in [1.807, 2.05) is 5.32 Å². The molecular formula is C17H12F3N3O2S. The van der Waals surface area contributed by atoms with Gasteiger partial charge in [-0.1, -0.05) is 42.1 Å². The average Bonchev–Trinajstić information content (AvgIpc) is 2.58. The van der Waals surface area contributed by atoms with Gasteiger partial charge in [-0.25, -0.2) is 4.98 Å². The first-order valence-electron chi connectivity index (χ1n) is 7.23. The third-order valence-electron chi connectivity index (χ3n) is 3.13. The molecule has 0 bridgehead atoms. The molecule has 0 radical (unpaired) electrons. The molecule has 1 aromatic heterocycles. The lowest BCUT2D eigenvalue weighted by molar-refractivity contribution is -0.138. The van der Waals surface area contributed by atoms with Gasteiger partial charge >= 0.3 is 6.18 Å². The van der Waals surface area contributed by atoms with Gasteiger partial charge in [0.1, 0.15) is 11.1 Å². The van der Waals surface area contributed by atoms with Crippen molar-refractivity contribution in [2.75, 3.05) is 5.75 Å². The van der Waals surface area contributed by atoms with Gasteiger partial charge in [-0.15, -0.1) is 0 Å². The number of benzene rings is 1. The summed E-state index contributed by atoms with van der Waals surface area (Å²) in [5.74, 6) is -1.62. The summed E-state index contributed by atoms with van der Waals surface area (Å²) in [5, 5.41) is 11.0. The fourth-order valence-corrected chi connectivity index (χ4v) is 2.88. The van der Waals surface area contributed by atoms with Gasteiger partial charge in [0, 0.05) is 12.5 Å². The van der Waals surface area contributed by atoms with Crippen LogP contribution >= 0.6 is 11.8 Å². The Kier molecular flexibility index (Phi) is 6.00. The van der Waals surface area contributed by atoms with Crippen molar-refractivity contribution in [3.8, 4) is 17.3 Å². The molecule has 2 amide bonds. The number of carbonyl (C=O) groups excluding carboxylic acids is 2. The Bertz CT molecular complexity index is 877. The predicted octanol–water partition coefficient (Wildman–Crippen LogP) is 3.39. The van der Waals surface area contributed by atoms with E-state index in [9.17, 15) is 28.0 Å². The molecule has 0 aliphatic heterocycles. The number of carbonyl (C=O) groups is 2. The number of aromatic nitrogens is 1. The highest BCUT2D eigenvalue weighted by Crippen LogP contribution is 2.37. The van der Waals surface area contributed by atoms with Gasteiger partial charge in [0.2, 0.25) is 11.8 Å². The van der Waals surface area contributed by atoms with E-state index < -0.39 is 29.1 Å². The second-order valence-electron chi connectivity index (χ2n) is 5.10. The van der Waals surface area contributed by atoms with Crippen LogP contribution in [0.1, 0.15) is 18.1 Å². The molecule has 0 fully saturated rings. The highest BCUT2D eigenvalue weighted by Gasteiger charge is 2.36. The van der Waals surface area contributed by atoms with Gasteiger partial charge in [-0.3, -0.25) is 14.9 Å². The number of alkyl halides is 3. The molecule has 26 heavy (non-hydrogen) atoms. The number of hydrogen-bond donors (Lipinski definition) is 1. The number of pyridine rings is 1. The van der Waals surface area contributed by atoms with E-state index in [-0.39, 0.29) is 16.5 Å². The summed E-state index contributed by atoms with van der Waals surface area (Å²) in [5.41, 5.74) is -1.30. The molecule has 1 heterocycles. The molecule has 9 heteroatoms. The van der Waals surface area contributed by atoms with Crippen LogP contribution in [0.5, 0.6) is 0 Å². The molecule has 0 saturated heterocycles. The van der Waals surface area contributed by atoms with Crippen LogP contribution in [-0.2, 0) is 15.8 Å². The number of nitrogens with one attached hydrogen (secondary N) is 1. The Labute approximate surface area is 151 Å². The van der Waals surface area contributed by atoms with Crippen molar-refractivity contribution in [2.45, 2.75) is 18.1 Å². The van der Waals surface area contributed by atoms with Crippen molar-refractivity contribution in [3.05, 3.63) is 47.5 Å². The Hall–Kier alpha value is -2.86. The molecule has 5 nitrogen and oxygen atoms in total. The van der Waals surface area contributed by atoms with Crippen LogP contribution in [0.4, 0.5) is 13.2 Å². The third-order valence-corrected chi connectivity index (χ3v) is 4.10. The van der Waals surface area contributed by atoms with Gasteiger partial charge in [0.15, 0.2) is 0 Å². The number of halogens is 3. The number of nitriles is 1. The standard InChI is InChI=1S/C17H12F3N3O2S/c1-10(24)22-15(25)9-26-16-12(8-21)13(17(18,19)20)7-14(23-16)11-5-3-2-4-6-11/h2-7H,9H2,1H3,(H,22,24,25). The van der Waals surface area contributed by atoms with E-state index in [4.69, 9.17) is 0 Å². The lowest BCUT2D eigenvalue weighted by Crippen LogP contribution is -2.29. The average molecular weight is 379 g/mol. The van der Waals surface area contributed by atoms with Crippen molar-refractivity contribution in [1.29, 1.82) is 5.26 Å². The van der Waals surface area contributed by atoms with E-state index >= 15 is 0 Å². The molecule has 2 rings (SSSR count). The Morgan fingerprint density at radius 2 is 1.92 bits per heavy atom. The molecule has 1 N–H and O–H groups in total. The number of thioether (sulfide) groups is 1. The second-order valence-corrected chi connectivity index (χ2v) is 6.07. The first-order valence-corrected chi connectivity index (χ1v) is 8.22. The molecule has 2 aromatic rings. The highest BCUT2D eigenvalue weighted by molar-refractivity contribution is 8.00. The Balaban J connectivity index is 2.49. The zero-order valence-electron chi connectivity index (χ0n) is 13.4. The summed E-state index contributed by atoms with van der Waals surface area (Å²) < 4.78 is 40.1. The van der Waals surface area contributed by atoms with Gasteiger partial charge in [-0.05, 0) is 6.07 Å². The van der Waals surface area contributed by atoms with Gasteiger partial charge in [0.05, 0.1) is 22.6 Å². The molecule has 134 valence electrons. The van der Waals surface area contributed by atoms with Crippen LogP contribution < -0.4 is 5.32 Å². The maximum absolute atomic E-state index is 13.4. The fourth-order valence-electron chi connectivity index (χ4n) is 2.08. The number of imide groups is 1. The van der Waals surface area contributed by atoms with E-state index in [2.05, 4.69) is 4.98 Å². The first-order chi connectivity index (χ1) is 12.2. The van der Waals surface area contributed by atoms with Crippen LogP contribution in [0.15, 0.2) is 41.4 Å².